The molecular formula is C13H27NO2S. The first kappa shape index (κ1) is 15.3. The van der Waals surface area contributed by atoms with E-state index in [-0.39, 0.29) is 0 Å². The standard InChI is InChI=1S/C13H27NO2S/c1-15-9-5-10-16-11-8-14-12-13(17-2)6-3-4-7-13/h14H,3-12H2,1-2H3. The maximum Gasteiger partial charge on any atom is 0.0590 e. The first-order chi connectivity index (χ1) is 8.33. The third-order valence-corrected chi connectivity index (χ3v) is 4.87. The summed E-state index contributed by atoms with van der Waals surface area (Å²) >= 11 is 2.03. The van der Waals surface area contributed by atoms with E-state index < -0.39 is 0 Å². The predicted octanol–water partition coefficient (Wildman–Crippen LogP) is 2.30. The molecular weight excluding hydrogens is 234 g/mol. The van der Waals surface area contributed by atoms with E-state index in [1.165, 1.54) is 25.7 Å². The number of rotatable bonds is 10. The van der Waals surface area contributed by atoms with Gasteiger partial charge in [-0.05, 0) is 25.5 Å². The fourth-order valence-electron chi connectivity index (χ4n) is 2.34. The lowest BCUT2D eigenvalue weighted by molar-refractivity contribution is 0.104. The highest BCUT2D eigenvalue weighted by Crippen LogP contribution is 2.39. The lowest BCUT2D eigenvalue weighted by atomic mass is 10.1. The van der Waals surface area contributed by atoms with Gasteiger partial charge in [-0.2, -0.15) is 11.8 Å². The van der Waals surface area contributed by atoms with Crippen LogP contribution in [0.4, 0.5) is 0 Å². The van der Waals surface area contributed by atoms with Gasteiger partial charge in [-0.25, -0.2) is 0 Å². The van der Waals surface area contributed by atoms with Crippen molar-refractivity contribution in [1.82, 2.24) is 5.32 Å². The van der Waals surface area contributed by atoms with Gasteiger partial charge in [0, 0.05) is 38.2 Å². The summed E-state index contributed by atoms with van der Waals surface area (Å²) in [6.07, 6.45) is 8.78. The number of nitrogens with one attached hydrogen (secondary N) is 1. The van der Waals surface area contributed by atoms with Gasteiger partial charge >= 0.3 is 0 Å². The van der Waals surface area contributed by atoms with Crippen LogP contribution in [0.3, 0.4) is 0 Å². The molecule has 0 radical (unpaired) electrons. The molecule has 0 aromatic heterocycles. The summed E-state index contributed by atoms with van der Waals surface area (Å²) in [4.78, 5) is 0. The first-order valence-electron chi connectivity index (χ1n) is 6.65. The fraction of sp³-hybridized carbons (Fsp3) is 1.00. The quantitative estimate of drug-likeness (QED) is 0.611. The van der Waals surface area contributed by atoms with Crippen molar-refractivity contribution in [3.05, 3.63) is 0 Å². The highest BCUT2D eigenvalue weighted by Gasteiger charge is 2.32. The van der Waals surface area contributed by atoms with Crippen LogP contribution in [0.1, 0.15) is 32.1 Å². The van der Waals surface area contributed by atoms with Crippen molar-refractivity contribution >= 4 is 11.8 Å². The Hall–Kier alpha value is 0.230. The Morgan fingerprint density at radius 1 is 1.18 bits per heavy atom. The van der Waals surface area contributed by atoms with Gasteiger partial charge in [-0.15, -0.1) is 0 Å². The van der Waals surface area contributed by atoms with Crippen LogP contribution < -0.4 is 5.32 Å². The van der Waals surface area contributed by atoms with E-state index in [4.69, 9.17) is 9.47 Å². The monoisotopic (exact) mass is 261 g/mol. The number of ether oxygens (including phenoxy) is 2. The smallest absolute Gasteiger partial charge is 0.0590 e. The Morgan fingerprint density at radius 3 is 2.59 bits per heavy atom. The molecule has 0 unspecified atom stereocenters. The summed E-state index contributed by atoms with van der Waals surface area (Å²) in [7, 11) is 1.73. The third kappa shape index (κ3) is 6.09. The molecule has 1 N–H and O–H groups in total. The minimum atomic E-state index is 0.510. The van der Waals surface area contributed by atoms with Gasteiger partial charge in [-0.1, -0.05) is 12.8 Å². The SMILES string of the molecule is COCCCOCCNCC1(SC)CCCC1. The van der Waals surface area contributed by atoms with E-state index in [0.29, 0.717) is 4.75 Å². The normalized spacial score (nSPS) is 18.7. The van der Waals surface area contributed by atoms with Crippen LogP contribution in [0.5, 0.6) is 0 Å². The second kappa shape index (κ2) is 9.20. The van der Waals surface area contributed by atoms with E-state index in [1.54, 1.807) is 7.11 Å². The van der Waals surface area contributed by atoms with Gasteiger partial charge in [0.05, 0.1) is 6.61 Å². The topological polar surface area (TPSA) is 30.5 Å². The molecule has 0 atom stereocenters. The molecule has 0 bridgehead atoms. The van der Waals surface area contributed by atoms with Crippen LogP contribution in [0, 0.1) is 0 Å². The third-order valence-electron chi connectivity index (χ3n) is 3.46. The van der Waals surface area contributed by atoms with Crippen molar-refractivity contribution < 1.29 is 9.47 Å². The minimum Gasteiger partial charge on any atom is -0.385 e. The van der Waals surface area contributed by atoms with Gasteiger partial charge in [0.25, 0.3) is 0 Å². The Labute approximate surface area is 110 Å². The Bertz CT molecular complexity index is 184. The number of hydrogen-bond acceptors (Lipinski definition) is 4. The minimum absolute atomic E-state index is 0.510. The number of hydrogen-bond donors (Lipinski definition) is 1. The van der Waals surface area contributed by atoms with Crippen molar-refractivity contribution in [2.75, 3.05) is 46.3 Å². The zero-order valence-corrected chi connectivity index (χ0v) is 12.1. The van der Waals surface area contributed by atoms with Crippen molar-refractivity contribution in [2.24, 2.45) is 0 Å². The summed E-state index contributed by atoms with van der Waals surface area (Å²) in [5, 5.41) is 3.53. The van der Waals surface area contributed by atoms with Gasteiger partial charge in [0.15, 0.2) is 0 Å². The fourth-order valence-corrected chi connectivity index (χ4v) is 3.28. The first-order valence-corrected chi connectivity index (χ1v) is 7.88. The van der Waals surface area contributed by atoms with Crippen LogP contribution >= 0.6 is 11.8 Å². The number of methoxy groups -OCH3 is 1. The highest BCUT2D eigenvalue weighted by atomic mass is 32.2. The predicted molar refractivity (Wildman–Crippen MR) is 74.9 cm³/mol. The molecule has 0 aromatic carbocycles. The molecule has 1 aliphatic carbocycles. The Kier molecular flexibility index (Phi) is 8.27. The van der Waals surface area contributed by atoms with E-state index >= 15 is 0 Å². The molecule has 17 heavy (non-hydrogen) atoms. The second-order valence-corrected chi connectivity index (χ2v) is 6.00. The van der Waals surface area contributed by atoms with Crippen molar-refractivity contribution in [3.63, 3.8) is 0 Å². The molecule has 0 heterocycles. The lowest BCUT2D eigenvalue weighted by Gasteiger charge is -2.27. The molecule has 1 fully saturated rings. The van der Waals surface area contributed by atoms with E-state index in [9.17, 15) is 0 Å². The summed E-state index contributed by atoms with van der Waals surface area (Å²) in [5.74, 6) is 0. The van der Waals surface area contributed by atoms with E-state index in [2.05, 4.69) is 11.6 Å². The maximum atomic E-state index is 5.52. The molecule has 1 rings (SSSR count). The van der Waals surface area contributed by atoms with Gasteiger partial charge in [-0.3, -0.25) is 0 Å². The van der Waals surface area contributed by atoms with E-state index in [0.717, 1.165) is 39.3 Å². The summed E-state index contributed by atoms with van der Waals surface area (Å²) < 4.78 is 11.0. The van der Waals surface area contributed by atoms with Crippen LogP contribution in [0.25, 0.3) is 0 Å². The Balaban J connectivity index is 1.92. The van der Waals surface area contributed by atoms with Crippen molar-refractivity contribution in [2.45, 2.75) is 36.9 Å². The van der Waals surface area contributed by atoms with Crippen molar-refractivity contribution in [1.29, 1.82) is 0 Å². The maximum absolute atomic E-state index is 5.52. The molecule has 0 amide bonds. The lowest BCUT2D eigenvalue weighted by Crippen LogP contribution is -2.36. The van der Waals surface area contributed by atoms with E-state index in [1.807, 2.05) is 11.8 Å². The van der Waals surface area contributed by atoms with Crippen LogP contribution in [-0.2, 0) is 9.47 Å². The molecule has 3 nitrogen and oxygen atoms in total. The van der Waals surface area contributed by atoms with Gasteiger partial charge < -0.3 is 14.8 Å². The van der Waals surface area contributed by atoms with Gasteiger partial charge in [0.2, 0.25) is 0 Å². The molecule has 0 spiro atoms. The van der Waals surface area contributed by atoms with Crippen LogP contribution in [-0.4, -0.2) is 51.0 Å². The molecule has 1 saturated carbocycles. The summed E-state index contributed by atoms with van der Waals surface area (Å²) in [5.41, 5.74) is 0. The molecule has 0 saturated heterocycles. The van der Waals surface area contributed by atoms with Crippen LogP contribution in [0.15, 0.2) is 0 Å². The molecule has 0 aromatic rings. The van der Waals surface area contributed by atoms with Crippen LogP contribution in [0.2, 0.25) is 0 Å². The average molecular weight is 261 g/mol. The summed E-state index contributed by atoms with van der Waals surface area (Å²) in [6.45, 7) is 4.52. The summed E-state index contributed by atoms with van der Waals surface area (Å²) in [6, 6.07) is 0. The van der Waals surface area contributed by atoms with Crippen molar-refractivity contribution in [3.8, 4) is 0 Å². The molecule has 4 heteroatoms. The molecule has 0 aliphatic heterocycles. The number of thioether (sulfide) groups is 1. The Morgan fingerprint density at radius 2 is 1.94 bits per heavy atom. The molecule has 1 aliphatic rings. The zero-order chi connectivity index (χ0) is 12.4. The largest absolute Gasteiger partial charge is 0.385 e. The highest BCUT2D eigenvalue weighted by molar-refractivity contribution is 8.00. The zero-order valence-electron chi connectivity index (χ0n) is 11.3. The average Bonchev–Trinajstić information content (AvgIpc) is 2.82. The molecule has 102 valence electrons. The second-order valence-electron chi connectivity index (χ2n) is 4.73. The van der Waals surface area contributed by atoms with Gasteiger partial charge in [0.1, 0.15) is 0 Å².